The molecule has 1 rings (SSSR count). The molecular weight excluding hydrogens is 120 g/mol. The molecule has 10 heavy (non-hydrogen) atoms. The lowest BCUT2D eigenvalue weighted by Gasteiger charge is -1.94. The molecule has 0 N–H and O–H groups in total. The van der Waals surface area contributed by atoms with E-state index in [4.69, 9.17) is 0 Å². The van der Waals surface area contributed by atoms with Gasteiger partial charge in [0, 0.05) is 0 Å². The molecule has 0 heterocycles. The second kappa shape index (κ2) is 3.31. The second-order valence-electron chi connectivity index (χ2n) is 2.87. The minimum atomic E-state index is 1.11. The van der Waals surface area contributed by atoms with E-state index in [1.807, 2.05) is 0 Å². The molecule has 0 amide bonds. The van der Waals surface area contributed by atoms with Crippen LogP contribution in [0.2, 0.25) is 0 Å². The highest BCUT2D eigenvalue weighted by Crippen LogP contribution is 2.07. The van der Waals surface area contributed by atoms with Crippen LogP contribution in [0.3, 0.4) is 0 Å². The minimum Gasteiger partial charge on any atom is -0.0622 e. The molecule has 0 saturated carbocycles. The smallest absolute Gasteiger partial charge is 0.0622 e. The van der Waals surface area contributed by atoms with Crippen molar-refractivity contribution in [2.45, 2.75) is 20.3 Å². The van der Waals surface area contributed by atoms with E-state index in [0.717, 1.165) is 6.42 Å². The van der Waals surface area contributed by atoms with Gasteiger partial charge in [-0.2, -0.15) is 0 Å². The summed E-state index contributed by atoms with van der Waals surface area (Å²) in [4.78, 5) is 0. The van der Waals surface area contributed by atoms with Crippen molar-refractivity contribution in [3.8, 4) is 0 Å². The molecule has 0 aliphatic rings. The Balaban J connectivity index is 2.59. The first-order chi connectivity index (χ1) is 4.79. The maximum Gasteiger partial charge on any atom is 0.114 e. The molecule has 0 atom stereocenters. The fourth-order valence-electron chi connectivity index (χ4n) is 1.00. The van der Waals surface area contributed by atoms with Gasteiger partial charge in [0.15, 0.2) is 0 Å². The SMILES string of the molecule is C[C+](C)Cc1ccccc1. The first-order valence-corrected chi connectivity index (χ1v) is 3.62. The van der Waals surface area contributed by atoms with Crippen LogP contribution in [-0.4, -0.2) is 0 Å². The Morgan fingerprint density at radius 2 is 1.70 bits per heavy atom. The van der Waals surface area contributed by atoms with Crippen molar-refractivity contribution >= 4 is 0 Å². The van der Waals surface area contributed by atoms with E-state index in [2.05, 4.69) is 44.2 Å². The Morgan fingerprint density at radius 3 is 2.20 bits per heavy atom. The lowest BCUT2D eigenvalue weighted by Crippen LogP contribution is -1.89. The van der Waals surface area contributed by atoms with Crippen LogP contribution in [0.15, 0.2) is 30.3 Å². The highest BCUT2D eigenvalue weighted by molar-refractivity contribution is 5.17. The van der Waals surface area contributed by atoms with Gasteiger partial charge in [0.1, 0.15) is 6.42 Å². The Kier molecular flexibility index (Phi) is 2.38. The van der Waals surface area contributed by atoms with Gasteiger partial charge >= 0.3 is 0 Å². The van der Waals surface area contributed by atoms with Crippen LogP contribution in [0.1, 0.15) is 19.4 Å². The van der Waals surface area contributed by atoms with Crippen molar-refractivity contribution in [2.75, 3.05) is 0 Å². The summed E-state index contributed by atoms with van der Waals surface area (Å²) in [5.41, 5.74) is 1.41. The lowest BCUT2D eigenvalue weighted by atomic mass is 10.0. The number of rotatable bonds is 2. The molecule has 1 aromatic rings. The Bertz CT molecular complexity index is 174. The summed E-state index contributed by atoms with van der Waals surface area (Å²) in [5, 5.41) is 0. The highest BCUT2D eigenvalue weighted by Gasteiger charge is 2.03. The average Bonchev–Trinajstić information content (AvgIpc) is 1.88. The maximum absolute atomic E-state index is 2.16. The standard InChI is InChI=1S/C10H13/c1-9(2)8-10-6-4-3-5-7-10/h3-7H,8H2,1-2H3/q+1. The molecule has 0 spiro atoms. The predicted octanol–water partition coefficient (Wildman–Crippen LogP) is 2.84. The topological polar surface area (TPSA) is 0 Å². The lowest BCUT2D eigenvalue weighted by molar-refractivity contribution is 0.957. The Morgan fingerprint density at radius 1 is 1.10 bits per heavy atom. The van der Waals surface area contributed by atoms with Crippen molar-refractivity contribution in [3.63, 3.8) is 0 Å². The van der Waals surface area contributed by atoms with Crippen LogP contribution in [0.5, 0.6) is 0 Å². The third kappa shape index (κ3) is 2.14. The average molecular weight is 133 g/mol. The normalized spacial score (nSPS) is 9.40. The van der Waals surface area contributed by atoms with E-state index in [9.17, 15) is 0 Å². The number of hydrogen-bond acceptors (Lipinski definition) is 0. The van der Waals surface area contributed by atoms with Gasteiger partial charge in [0.2, 0.25) is 0 Å². The van der Waals surface area contributed by atoms with Crippen molar-refractivity contribution < 1.29 is 0 Å². The second-order valence-corrected chi connectivity index (χ2v) is 2.87. The first kappa shape index (κ1) is 7.20. The minimum absolute atomic E-state index is 1.11. The summed E-state index contributed by atoms with van der Waals surface area (Å²) in [5.74, 6) is 1.46. The zero-order valence-electron chi connectivity index (χ0n) is 6.59. The van der Waals surface area contributed by atoms with Crippen LogP contribution in [0.4, 0.5) is 0 Å². The summed E-state index contributed by atoms with van der Waals surface area (Å²) in [6.07, 6.45) is 1.11. The van der Waals surface area contributed by atoms with E-state index >= 15 is 0 Å². The third-order valence-corrected chi connectivity index (χ3v) is 1.40. The molecular formula is C10H13+. The van der Waals surface area contributed by atoms with E-state index in [-0.39, 0.29) is 0 Å². The Labute approximate surface area is 62.9 Å². The molecule has 0 unspecified atom stereocenters. The molecule has 0 nitrogen and oxygen atoms in total. The van der Waals surface area contributed by atoms with E-state index in [1.54, 1.807) is 0 Å². The molecule has 0 aliphatic heterocycles. The number of hydrogen-bond donors (Lipinski definition) is 0. The van der Waals surface area contributed by atoms with E-state index < -0.39 is 0 Å². The summed E-state index contributed by atoms with van der Waals surface area (Å²) >= 11 is 0. The summed E-state index contributed by atoms with van der Waals surface area (Å²) in [6.45, 7) is 4.32. The molecule has 0 aromatic heterocycles. The quantitative estimate of drug-likeness (QED) is 0.544. The van der Waals surface area contributed by atoms with Gasteiger partial charge in [-0.25, -0.2) is 0 Å². The molecule has 0 heteroatoms. The molecule has 52 valence electrons. The first-order valence-electron chi connectivity index (χ1n) is 3.62. The van der Waals surface area contributed by atoms with E-state index in [1.165, 1.54) is 11.5 Å². The Hall–Kier alpha value is -0.910. The summed E-state index contributed by atoms with van der Waals surface area (Å²) < 4.78 is 0. The third-order valence-electron chi connectivity index (χ3n) is 1.40. The van der Waals surface area contributed by atoms with Crippen LogP contribution in [0.25, 0.3) is 0 Å². The molecule has 0 bridgehead atoms. The van der Waals surface area contributed by atoms with Gasteiger partial charge in [0.05, 0.1) is 19.8 Å². The van der Waals surface area contributed by atoms with Crippen molar-refractivity contribution in [3.05, 3.63) is 41.8 Å². The zero-order valence-corrected chi connectivity index (χ0v) is 6.59. The largest absolute Gasteiger partial charge is 0.114 e. The van der Waals surface area contributed by atoms with Crippen LogP contribution < -0.4 is 0 Å². The fraction of sp³-hybridized carbons (Fsp3) is 0.300. The van der Waals surface area contributed by atoms with Crippen LogP contribution in [0, 0.1) is 5.92 Å². The molecule has 0 aliphatic carbocycles. The zero-order chi connectivity index (χ0) is 7.40. The molecule has 1 aromatic carbocycles. The van der Waals surface area contributed by atoms with Crippen molar-refractivity contribution in [1.29, 1.82) is 0 Å². The predicted molar refractivity (Wildman–Crippen MR) is 44.7 cm³/mol. The van der Waals surface area contributed by atoms with Gasteiger partial charge in [-0.3, -0.25) is 0 Å². The van der Waals surface area contributed by atoms with Crippen LogP contribution >= 0.6 is 0 Å². The van der Waals surface area contributed by atoms with Crippen molar-refractivity contribution in [2.24, 2.45) is 0 Å². The highest BCUT2D eigenvalue weighted by atomic mass is 14.0. The summed E-state index contributed by atoms with van der Waals surface area (Å²) in [7, 11) is 0. The maximum atomic E-state index is 2.16. The van der Waals surface area contributed by atoms with Gasteiger partial charge in [-0.15, -0.1) is 0 Å². The van der Waals surface area contributed by atoms with Gasteiger partial charge in [-0.05, 0) is 5.56 Å². The summed E-state index contributed by atoms with van der Waals surface area (Å²) in [6, 6.07) is 10.5. The van der Waals surface area contributed by atoms with E-state index in [0.29, 0.717) is 0 Å². The van der Waals surface area contributed by atoms with Gasteiger partial charge < -0.3 is 0 Å². The van der Waals surface area contributed by atoms with Gasteiger partial charge in [-0.1, -0.05) is 30.3 Å². The number of benzene rings is 1. The molecule has 0 radical (unpaired) electrons. The van der Waals surface area contributed by atoms with Gasteiger partial charge in [0.25, 0.3) is 0 Å². The van der Waals surface area contributed by atoms with Crippen LogP contribution in [-0.2, 0) is 6.42 Å². The monoisotopic (exact) mass is 133 g/mol. The molecule has 0 saturated heterocycles. The van der Waals surface area contributed by atoms with Crippen molar-refractivity contribution in [1.82, 2.24) is 0 Å². The fourth-order valence-corrected chi connectivity index (χ4v) is 1.00. The molecule has 0 fully saturated rings.